The number of hydrogen-bond acceptors (Lipinski definition) is 3. The molecule has 0 bridgehead atoms. The maximum absolute atomic E-state index is 5.48. The number of hydrogen-bond donors (Lipinski definition) is 1. The van der Waals surface area contributed by atoms with Crippen LogP contribution in [0, 0.1) is 0 Å². The van der Waals surface area contributed by atoms with E-state index in [-0.39, 0.29) is 0 Å². The topological polar surface area (TPSA) is 24.5 Å². The van der Waals surface area contributed by atoms with Crippen molar-refractivity contribution in [3.63, 3.8) is 0 Å². The van der Waals surface area contributed by atoms with Crippen LogP contribution in [0.1, 0.15) is 32.3 Å². The van der Waals surface area contributed by atoms with Crippen LogP contribution in [0.2, 0.25) is 0 Å². The predicted molar refractivity (Wildman–Crippen MR) is 80.7 cm³/mol. The van der Waals surface area contributed by atoms with E-state index in [1.54, 1.807) is 0 Å². The molecule has 1 heterocycles. The van der Waals surface area contributed by atoms with Crippen molar-refractivity contribution in [3.05, 3.63) is 29.8 Å². The van der Waals surface area contributed by atoms with Crippen LogP contribution in [-0.4, -0.2) is 32.3 Å². The molecular weight excluding hydrogens is 236 g/mol. The van der Waals surface area contributed by atoms with Gasteiger partial charge in [-0.2, -0.15) is 0 Å². The van der Waals surface area contributed by atoms with E-state index in [0.717, 1.165) is 19.6 Å². The van der Waals surface area contributed by atoms with Crippen LogP contribution in [0.15, 0.2) is 24.3 Å². The molecule has 0 radical (unpaired) electrons. The Balaban J connectivity index is 1.93. The zero-order chi connectivity index (χ0) is 13.7. The Morgan fingerprint density at radius 3 is 2.68 bits per heavy atom. The molecule has 1 atom stereocenters. The molecule has 1 aliphatic heterocycles. The number of nitrogens with one attached hydrogen (secondary N) is 1. The first-order chi connectivity index (χ1) is 9.19. The highest BCUT2D eigenvalue weighted by Crippen LogP contribution is 2.21. The summed E-state index contributed by atoms with van der Waals surface area (Å²) in [7, 11) is 1.81. The van der Waals surface area contributed by atoms with Gasteiger partial charge in [0.25, 0.3) is 0 Å². The molecule has 0 amide bonds. The van der Waals surface area contributed by atoms with E-state index in [1.807, 2.05) is 7.11 Å². The van der Waals surface area contributed by atoms with Gasteiger partial charge in [0.1, 0.15) is 0 Å². The maximum atomic E-state index is 5.48. The van der Waals surface area contributed by atoms with E-state index in [4.69, 9.17) is 4.74 Å². The molecule has 0 aromatic heterocycles. The zero-order valence-corrected chi connectivity index (χ0v) is 12.4. The fraction of sp³-hybridized carbons (Fsp3) is 0.625. The molecule has 1 saturated heterocycles. The molecule has 1 N–H and O–H groups in total. The second kappa shape index (κ2) is 6.92. The molecular formula is C16H26N2O. The first-order valence-corrected chi connectivity index (χ1v) is 7.29. The molecule has 0 aliphatic carbocycles. The standard InChI is InChI=1S/C16H26N2O/c1-13(2)17-11-14-6-8-15(9-7-14)18-10-4-5-16(12-18)19-3/h6-9,13,16-17H,4-5,10-12H2,1-3H3. The van der Waals surface area contributed by atoms with Crippen molar-refractivity contribution in [2.45, 2.75) is 45.4 Å². The lowest BCUT2D eigenvalue weighted by Crippen LogP contribution is -2.39. The van der Waals surface area contributed by atoms with Gasteiger partial charge < -0.3 is 15.0 Å². The average molecular weight is 262 g/mol. The van der Waals surface area contributed by atoms with Gasteiger partial charge in [0, 0.05) is 38.5 Å². The predicted octanol–water partition coefficient (Wildman–Crippen LogP) is 2.80. The highest BCUT2D eigenvalue weighted by Gasteiger charge is 2.19. The van der Waals surface area contributed by atoms with Gasteiger partial charge in [-0.1, -0.05) is 26.0 Å². The largest absolute Gasteiger partial charge is 0.380 e. The molecule has 3 heteroatoms. The fourth-order valence-corrected chi connectivity index (χ4v) is 2.51. The van der Waals surface area contributed by atoms with Gasteiger partial charge in [-0.25, -0.2) is 0 Å². The third-order valence-corrected chi connectivity index (χ3v) is 3.73. The molecule has 0 saturated carbocycles. The summed E-state index contributed by atoms with van der Waals surface area (Å²) in [5.74, 6) is 0. The Hall–Kier alpha value is -1.06. The van der Waals surface area contributed by atoms with E-state index in [9.17, 15) is 0 Å². The summed E-state index contributed by atoms with van der Waals surface area (Å²) in [6, 6.07) is 9.44. The van der Waals surface area contributed by atoms with Crippen molar-refractivity contribution in [1.82, 2.24) is 5.32 Å². The van der Waals surface area contributed by atoms with E-state index < -0.39 is 0 Å². The zero-order valence-electron chi connectivity index (χ0n) is 12.4. The van der Waals surface area contributed by atoms with E-state index >= 15 is 0 Å². The van der Waals surface area contributed by atoms with Gasteiger partial charge in [-0.15, -0.1) is 0 Å². The highest BCUT2D eigenvalue weighted by molar-refractivity contribution is 5.48. The number of ether oxygens (including phenoxy) is 1. The minimum Gasteiger partial charge on any atom is -0.380 e. The number of methoxy groups -OCH3 is 1. The minimum atomic E-state index is 0.385. The SMILES string of the molecule is COC1CCCN(c2ccc(CNC(C)C)cc2)C1. The van der Waals surface area contributed by atoms with Crippen LogP contribution < -0.4 is 10.2 Å². The summed E-state index contributed by atoms with van der Waals surface area (Å²) in [6.45, 7) is 7.45. The van der Waals surface area contributed by atoms with E-state index in [0.29, 0.717) is 12.1 Å². The maximum Gasteiger partial charge on any atom is 0.0746 e. The monoisotopic (exact) mass is 262 g/mol. The van der Waals surface area contributed by atoms with Gasteiger partial charge >= 0.3 is 0 Å². The van der Waals surface area contributed by atoms with Gasteiger partial charge in [-0.05, 0) is 30.5 Å². The molecule has 106 valence electrons. The lowest BCUT2D eigenvalue weighted by molar-refractivity contribution is 0.0893. The molecule has 2 rings (SSSR count). The number of nitrogens with zero attached hydrogens (tertiary/aromatic N) is 1. The van der Waals surface area contributed by atoms with Crippen LogP contribution in [0.4, 0.5) is 5.69 Å². The summed E-state index contributed by atoms with van der Waals surface area (Å²) < 4.78 is 5.48. The Morgan fingerprint density at radius 1 is 1.32 bits per heavy atom. The molecule has 1 aromatic carbocycles. The van der Waals surface area contributed by atoms with Gasteiger partial charge in [-0.3, -0.25) is 0 Å². The lowest BCUT2D eigenvalue weighted by atomic mass is 10.1. The molecule has 1 aliphatic rings. The molecule has 3 nitrogen and oxygen atoms in total. The van der Waals surface area contributed by atoms with Crippen molar-refractivity contribution >= 4 is 5.69 Å². The summed E-state index contributed by atoms with van der Waals surface area (Å²) >= 11 is 0. The minimum absolute atomic E-state index is 0.385. The molecule has 19 heavy (non-hydrogen) atoms. The Kier molecular flexibility index (Phi) is 5.23. The van der Waals surface area contributed by atoms with Gasteiger partial charge in [0.2, 0.25) is 0 Å². The average Bonchev–Trinajstić information content (AvgIpc) is 2.45. The molecule has 1 fully saturated rings. The lowest BCUT2D eigenvalue weighted by Gasteiger charge is -2.33. The normalized spacial score (nSPS) is 20.0. The first-order valence-electron chi connectivity index (χ1n) is 7.29. The van der Waals surface area contributed by atoms with Crippen LogP contribution in [-0.2, 0) is 11.3 Å². The second-order valence-corrected chi connectivity index (χ2v) is 5.65. The second-order valence-electron chi connectivity index (χ2n) is 5.65. The fourth-order valence-electron chi connectivity index (χ4n) is 2.51. The number of anilines is 1. The third-order valence-electron chi connectivity index (χ3n) is 3.73. The molecule has 1 unspecified atom stereocenters. The van der Waals surface area contributed by atoms with E-state index in [1.165, 1.54) is 24.1 Å². The van der Waals surface area contributed by atoms with Gasteiger partial charge in [0.15, 0.2) is 0 Å². The van der Waals surface area contributed by atoms with Crippen LogP contribution in [0.25, 0.3) is 0 Å². The highest BCUT2D eigenvalue weighted by atomic mass is 16.5. The van der Waals surface area contributed by atoms with Crippen LogP contribution in [0.3, 0.4) is 0 Å². The smallest absolute Gasteiger partial charge is 0.0746 e. The Bertz CT molecular complexity index is 375. The number of benzene rings is 1. The quantitative estimate of drug-likeness (QED) is 0.883. The van der Waals surface area contributed by atoms with Crippen molar-refractivity contribution in [2.24, 2.45) is 0 Å². The van der Waals surface area contributed by atoms with E-state index in [2.05, 4.69) is 48.3 Å². The van der Waals surface area contributed by atoms with Crippen molar-refractivity contribution in [1.29, 1.82) is 0 Å². The summed E-state index contributed by atoms with van der Waals surface area (Å²) in [6.07, 6.45) is 2.79. The Labute approximate surface area is 116 Å². The third kappa shape index (κ3) is 4.22. The van der Waals surface area contributed by atoms with Crippen molar-refractivity contribution in [3.8, 4) is 0 Å². The van der Waals surface area contributed by atoms with Crippen molar-refractivity contribution in [2.75, 3.05) is 25.1 Å². The Morgan fingerprint density at radius 2 is 2.05 bits per heavy atom. The van der Waals surface area contributed by atoms with Gasteiger partial charge in [0.05, 0.1) is 6.10 Å². The summed E-state index contributed by atoms with van der Waals surface area (Å²) in [5, 5.41) is 3.44. The van der Waals surface area contributed by atoms with Crippen LogP contribution >= 0.6 is 0 Å². The van der Waals surface area contributed by atoms with Crippen LogP contribution in [0.5, 0.6) is 0 Å². The molecule has 0 spiro atoms. The number of rotatable bonds is 5. The van der Waals surface area contributed by atoms with Crippen molar-refractivity contribution < 1.29 is 4.74 Å². The molecule has 1 aromatic rings. The summed E-state index contributed by atoms with van der Waals surface area (Å²) in [4.78, 5) is 2.43. The number of piperidine rings is 1. The summed E-state index contributed by atoms with van der Waals surface area (Å²) in [5.41, 5.74) is 2.66. The first kappa shape index (κ1) is 14.4.